The zero-order valence-electron chi connectivity index (χ0n) is 16.1. The average Bonchev–Trinajstić information content (AvgIpc) is 3.19. The van der Waals surface area contributed by atoms with E-state index in [1.54, 1.807) is 0 Å². The van der Waals surface area contributed by atoms with Crippen molar-refractivity contribution in [2.24, 2.45) is 17.6 Å². The van der Waals surface area contributed by atoms with Crippen molar-refractivity contribution in [3.63, 3.8) is 0 Å². The molecule has 144 valence electrons. The van der Waals surface area contributed by atoms with Crippen molar-refractivity contribution < 1.29 is 9.21 Å². The molecule has 28 heavy (non-hydrogen) atoms. The van der Waals surface area contributed by atoms with Crippen molar-refractivity contribution in [3.8, 4) is 11.1 Å². The Bertz CT molecular complexity index is 1010. The average molecular weight is 374 g/mol. The molecule has 2 N–H and O–H groups in total. The first-order valence-corrected chi connectivity index (χ1v) is 10.3. The zero-order valence-corrected chi connectivity index (χ0v) is 16.1. The highest BCUT2D eigenvalue weighted by Gasteiger charge is 2.35. The summed E-state index contributed by atoms with van der Waals surface area (Å²) < 4.78 is 6.13. The van der Waals surface area contributed by atoms with E-state index in [0.717, 1.165) is 34.2 Å². The van der Waals surface area contributed by atoms with Gasteiger partial charge in [-0.25, -0.2) is 0 Å². The van der Waals surface area contributed by atoms with Crippen LogP contribution in [0, 0.1) is 11.8 Å². The highest BCUT2D eigenvalue weighted by atomic mass is 16.3. The summed E-state index contributed by atoms with van der Waals surface area (Å²) in [4.78, 5) is 15.5. The van der Waals surface area contributed by atoms with Crippen LogP contribution >= 0.6 is 0 Å². The summed E-state index contributed by atoms with van der Waals surface area (Å²) in [5.41, 5.74) is 9.86. The van der Waals surface area contributed by atoms with Gasteiger partial charge in [0.25, 0.3) is 0 Å². The summed E-state index contributed by atoms with van der Waals surface area (Å²) in [6, 6.07) is 16.1. The number of Topliss-reactive ketones (excluding diaryl/α,β-unsaturated/α-hetero) is 1. The zero-order chi connectivity index (χ0) is 19.1. The van der Waals surface area contributed by atoms with Crippen molar-refractivity contribution >= 4 is 16.8 Å². The van der Waals surface area contributed by atoms with E-state index in [1.165, 1.54) is 25.9 Å². The highest BCUT2D eigenvalue weighted by molar-refractivity contribution is 6.01. The van der Waals surface area contributed by atoms with Crippen LogP contribution in [0.4, 0.5) is 0 Å². The molecule has 0 radical (unpaired) electrons. The van der Waals surface area contributed by atoms with E-state index < -0.39 is 0 Å². The number of piperidine rings is 3. The lowest BCUT2D eigenvalue weighted by atomic mass is 9.76. The largest absolute Gasteiger partial charge is 0.452 e. The number of carbonyl (C=O) groups is 1. The lowest BCUT2D eigenvalue weighted by Crippen LogP contribution is -2.47. The van der Waals surface area contributed by atoms with Crippen LogP contribution in [-0.4, -0.2) is 30.3 Å². The molecule has 3 aromatic rings. The molecule has 6 rings (SSSR count). The number of nitrogens with zero attached hydrogens (tertiary/aromatic N) is 1. The van der Waals surface area contributed by atoms with E-state index in [2.05, 4.69) is 11.0 Å². The van der Waals surface area contributed by atoms with Crippen molar-refractivity contribution in [1.82, 2.24) is 4.90 Å². The normalized spacial score (nSPS) is 24.0. The fourth-order valence-electron chi connectivity index (χ4n) is 5.03. The van der Waals surface area contributed by atoms with Gasteiger partial charge in [-0.05, 0) is 55.0 Å². The standard InChI is InChI=1S/C24H26N2O2/c25-14-18-4-1-2-6-20(18)21-7-3-5-17-13-23(28-24(17)21)22(27)12-19-15-26-10-8-16(19)9-11-26/h1-7,13,16,19H,8-12,14-15,25H2/t19-/m0/s1. The van der Waals surface area contributed by atoms with Gasteiger partial charge in [-0.3, -0.25) is 4.79 Å². The summed E-state index contributed by atoms with van der Waals surface area (Å²) >= 11 is 0. The molecule has 3 saturated heterocycles. The number of ketones is 1. The van der Waals surface area contributed by atoms with Crippen LogP contribution < -0.4 is 5.73 Å². The van der Waals surface area contributed by atoms with E-state index in [4.69, 9.17) is 10.2 Å². The molecule has 0 spiro atoms. The molecule has 3 fully saturated rings. The first kappa shape index (κ1) is 17.7. The van der Waals surface area contributed by atoms with Gasteiger partial charge in [-0.1, -0.05) is 42.5 Å². The number of carbonyl (C=O) groups excluding carboxylic acids is 1. The Hall–Kier alpha value is -2.43. The van der Waals surface area contributed by atoms with Gasteiger partial charge in [-0.2, -0.15) is 0 Å². The van der Waals surface area contributed by atoms with E-state index in [9.17, 15) is 4.79 Å². The van der Waals surface area contributed by atoms with Gasteiger partial charge in [0.15, 0.2) is 11.5 Å². The molecule has 3 aliphatic heterocycles. The highest BCUT2D eigenvalue weighted by Crippen LogP contribution is 2.37. The molecule has 2 bridgehead atoms. The molecule has 1 aromatic heterocycles. The van der Waals surface area contributed by atoms with Crippen LogP contribution in [0.15, 0.2) is 52.9 Å². The second kappa shape index (κ2) is 7.19. The van der Waals surface area contributed by atoms with Crippen LogP contribution in [0.25, 0.3) is 22.1 Å². The molecule has 0 saturated carbocycles. The lowest BCUT2D eigenvalue weighted by molar-refractivity contribution is 0.0433. The SMILES string of the molecule is NCc1ccccc1-c1cccc2cc(C(=O)C[C@H]3CN4CCC3CC4)oc12. The van der Waals surface area contributed by atoms with Crippen LogP contribution in [0.3, 0.4) is 0 Å². The Kier molecular flexibility index (Phi) is 4.53. The van der Waals surface area contributed by atoms with Crippen LogP contribution in [0.5, 0.6) is 0 Å². The third kappa shape index (κ3) is 3.07. The molecule has 4 heteroatoms. The number of para-hydroxylation sites is 1. The molecule has 0 unspecified atom stereocenters. The van der Waals surface area contributed by atoms with Crippen molar-refractivity contribution in [2.75, 3.05) is 19.6 Å². The van der Waals surface area contributed by atoms with Gasteiger partial charge >= 0.3 is 0 Å². The van der Waals surface area contributed by atoms with Crippen LogP contribution in [0.2, 0.25) is 0 Å². The Morgan fingerprint density at radius 1 is 1.07 bits per heavy atom. The molecule has 4 nitrogen and oxygen atoms in total. The molecule has 0 amide bonds. The van der Waals surface area contributed by atoms with Crippen LogP contribution in [-0.2, 0) is 6.54 Å². The number of nitrogens with two attached hydrogens (primary N) is 1. The third-order valence-electron chi connectivity index (χ3n) is 6.59. The third-order valence-corrected chi connectivity index (χ3v) is 6.59. The molecule has 4 heterocycles. The van der Waals surface area contributed by atoms with Crippen molar-refractivity contribution in [2.45, 2.75) is 25.8 Å². The summed E-state index contributed by atoms with van der Waals surface area (Å²) in [6.45, 7) is 3.93. The van der Waals surface area contributed by atoms with Gasteiger partial charge in [0.1, 0.15) is 5.58 Å². The predicted octanol–water partition coefficient (Wildman–Crippen LogP) is 4.47. The van der Waals surface area contributed by atoms with E-state index in [1.807, 2.05) is 42.5 Å². The molecular weight excluding hydrogens is 348 g/mol. The van der Waals surface area contributed by atoms with Gasteiger partial charge in [0.2, 0.25) is 0 Å². The van der Waals surface area contributed by atoms with Crippen LogP contribution in [0.1, 0.15) is 35.4 Å². The molecule has 1 atom stereocenters. The second-order valence-corrected chi connectivity index (χ2v) is 8.22. The van der Waals surface area contributed by atoms with Gasteiger partial charge < -0.3 is 15.1 Å². The van der Waals surface area contributed by atoms with Gasteiger partial charge in [0.05, 0.1) is 0 Å². The van der Waals surface area contributed by atoms with E-state index in [0.29, 0.717) is 30.6 Å². The minimum absolute atomic E-state index is 0.132. The van der Waals surface area contributed by atoms with Crippen molar-refractivity contribution in [3.05, 3.63) is 59.9 Å². The molecule has 2 aromatic carbocycles. The van der Waals surface area contributed by atoms with E-state index >= 15 is 0 Å². The Morgan fingerprint density at radius 3 is 2.61 bits per heavy atom. The fraction of sp³-hybridized carbons (Fsp3) is 0.375. The van der Waals surface area contributed by atoms with E-state index in [-0.39, 0.29) is 5.78 Å². The van der Waals surface area contributed by atoms with Gasteiger partial charge in [-0.15, -0.1) is 0 Å². The minimum Gasteiger partial charge on any atom is -0.452 e. The maximum Gasteiger partial charge on any atom is 0.198 e. The van der Waals surface area contributed by atoms with Gasteiger partial charge in [0, 0.05) is 30.5 Å². The Balaban J connectivity index is 1.46. The topological polar surface area (TPSA) is 59.5 Å². The number of hydrogen-bond donors (Lipinski definition) is 1. The molecule has 3 aliphatic rings. The number of benzene rings is 2. The maximum absolute atomic E-state index is 13.0. The number of furan rings is 1. The lowest BCUT2D eigenvalue weighted by Gasteiger charge is -2.44. The molecular formula is C24H26N2O2. The summed E-state index contributed by atoms with van der Waals surface area (Å²) in [7, 11) is 0. The first-order chi connectivity index (χ1) is 13.7. The summed E-state index contributed by atoms with van der Waals surface area (Å²) in [6.07, 6.45) is 3.06. The maximum atomic E-state index is 13.0. The smallest absolute Gasteiger partial charge is 0.198 e. The number of rotatable bonds is 5. The predicted molar refractivity (Wildman–Crippen MR) is 111 cm³/mol. The first-order valence-electron chi connectivity index (χ1n) is 10.3. The summed E-state index contributed by atoms with van der Waals surface area (Å²) in [5, 5.41) is 0.974. The monoisotopic (exact) mass is 374 g/mol. The van der Waals surface area contributed by atoms with Crippen molar-refractivity contribution in [1.29, 1.82) is 0 Å². The second-order valence-electron chi connectivity index (χ2n) is 8.22. The Labute approximate surface area is 165 Å². The summed E-state index contributed by atoms with van der Waals surface area (Å²) in [5.74, 6) is 1.79. The molecule has 0 aliphatic carbocycles. The Morgan fingerprint density at radius 2 is 1.86 bits per heavy atom. The number of fused-ring (bicyclic) bond motifs is 4. The number of hydrogen-bond acceptors (Lipinski definition) is 4. The fourth-order valence-corrected chi connectivity index (χ4v) is 5.03. The minimum atomic E-state index is 0.132. The quantitative estimate of drug-likeness (QED) is 0.669.